The molecular weight excluding hydrogens is 532 g/mol. The minimum absolute atomic E-state index is 0.0417. The third kappa shape index (κ3) is 139. The normalized spacial score (nSPS) is 12.0. The average molecular weight is 617 g/mol. The maximum atomic E-state index is 4.94. The molecule has 0 fully saturated rings. The van der Waals surface area contributed by atoms with Gasteiger partial charge in [0.15, 0.2) is 0 Å². The Kier molecular flexibility index (Phi) is 37.0. The first-order valence-electron chi connectivity index (χ1n) is 14.8. The number of hydrogen-bond donors (Lipinski definition) is 0. The highest BCUT2D eigenvalue weighted by molar-refractivity contribution is 4.58. The van der Waals surface area contributed by atoms with Crippen LogP contribution in [0.15, 0.2) is 0 Å². The molecule has 0 radical (unpaired) electrons. The van der Waals surface area contributed by atoms with Crippen molar-refractivity contribution in [2.75, 3.05) is 49.8 Å². The summed E-state index contributed by atoms with van der Waals surface area (Å²) in [5.41, 5.74) is 0.292. The fourth-order valence-corrected chi connectivity index (χ4v) is 0. The minimum atomic E-state index is 0.0417. The van der Waals surface area contributed by atoms with E-state index in [0.717, 1.165) is 0 Å². The van der Waals surface area contributed by atoms with Gasteiger partial charge in [0.25, 0.3) is 0 Å². The van der Waals surface area contributed by atoms with Gasteiger partial charge in [-0.25, -0.2) is 0 Å². The van der Waals surface area contributed by atoms with E-state index in [0.29, 0.717) is 0 Å². The number of ether oxygens (including phenoxy) is 7. The van der Waals surface area contributed by atoms with Crippen LogP contribution < -0.4 is 0 Å². The van der Waals surface area contributed by atoms with Crippen LogP contribution in [0, 0.1) is 0 Å². The van der Waals surface area contributed by atoms with Crippen LogP contribution in [0.4, 0.5) is 0 Å². The number of hydrogen-bond acceptors (Lipinski definition) is 7. The van der Waals surface area contributed by atoms with Gasteiger partial charge in [-0.1, -0.05) is 0 Å². The fraction of sp³-hybridized carbons (Fsp3) is 1.00. The highest BCUT2D eigenvalue weighted by Gasteiger charge is 2.07. The van der Waals surface area contributed by atoms with Crippen molar-refractivity contribution < 1.29 is 33.2 Å². The van der Waals surface area contributed by atoms with Crippen LogP contribution in [0.3, 0.4) is 0 Å². The van der Waals surface area contributed by atoms with E-state index in [9.17, 15) is 0 Å². The van der Waals surface area contributed by atoms with Crippen molar-refractivity contribution in [2.24, 2.45) is 0 Å². The predicted octanol–water partition coefficient (Wildman–Crippen LogP) is 10.0. The van der Waals surface area contributed by atoms with Gasteiger partial charge in [-0.15, -0.1) is 0 Å². The first-order chi connectivity index (χ1) is 17.9. The maximum Gasteiger partial charge on any atom is 0.0594 e. The Labute approximate surface area is 267 Å². The zero-order valence-electron chi connectivity index (χ0n) is 34.4. The van der Waals surface area contributed by atoms with Crippen LogP contribution in [0.1, 0.15) is 145 Å². The van der Waals surface area contributed by atoms with E-state index in [4.69, 9.17) is 33.2 Å². The molecule has 0 amide bonds. The molecule has 0 aromatic heterocycles. The van der Waals surface area contributed by atoms with Gasteiger partial charge < -0.3 is 33.2 Å². The molecule has 0 N–H and O–H groups in total. The molecule has 7 heteroatoms. The lowest BCUT2D eigenvalue weighted by molar-refractivity contribution is 0.0394. The van der Waals surface area contributed by atoms with Gasteiger partial charge in [-0.3, -0.25) is 0 Å². The van der Waals surface area contributed by atoms with E-state index in [-0.39, 0.29) is 39.2 Å². The quantitative estimate of drug-likeness (QED) is 0.268. The van der Waals surface area contributed by atoms with Crippen molar-refractivity contribution in [3.8, 4) is 0 Å². The van der Waals surface area contributed by atoms with Crippen LogP contribution in [-0.4, -0.2) is 89.0 Å². The molecule has 0 aromatic rings. The van der Waals surface area contributed by atoms with Crippen molar-refractivity contribution >= 4 is 0 Å². The first-order valence-corrected chi connectivity index (χ1v) is 14.8. The standard InChI is InChI=1S/7C5H12O/c7*1-5(2,3)6-4/h7*1-4H3. The highest BCUT2D eigenvalue weighted by atomic mass is 16.5. The summed E-state index contributed by atoms with van der Waals surface area (Å²) in [6.07, 6.45) is 0. The van der Waals surface area contributed by atoms with Crippen molar-refractivity contribution in [1.82, 2.24) is 0 Å². The van der Waals surface area contributed by atoms with Crippen LogP contribution in [0.2, 0.25) is 0 Å². The lowest BCUT2D eigenvalue weighted by atomic mass is 10.2. The van der Waals surface area contributed by atoms with E-state index >= 15 is 0 Å². The molecule has 266 valence electrons. The molecule has 0 atom stereocenters. The predicted molar refractivity (Wildman–Crippen MR) is 187 cm³/mol. The SMILES string of the molecule is COC(C)(C)C.COC(C)(C)C.COC(C)(C)C.COC(C)(C)C.COC(C)(C)C.COC(C)(C)C.COC(C)(C)C. The molecule has 0 bridgehead atoms. The molecular formula is C35H84O7. The summed E-state index contributed by atoms with van der Waals surface area (Å²) >= 11 is 0. The van der Waals surface area contributed by atoms with Crippen molar-refractivity contribution in [3.05, 3.63) is 0 Å². The van der Waals surface area contributed by atoms with Crippen LogP contribution in [0.25, 0.3) is 0 Å². The topological polar surface area (TPSA) is 64.6 Å². The Morgan fingerprint density at radius 3 is 0.190 bits per heavy atom. The van der Waals surface area contributed by atoms with E-state index in [1.807, 2.05) is 145 Å². The van der Waals surface area contributed by atoms with Gasteiger partial charge >= 0.3 is 0 Å². The molecule has 0 rings (SSSR count). The summed E-state index contributed by atoms with van der Waals surface area (Å²) in [4.78, 5) is 0. The van der Waals surface area contributed by atoms with Gasteiger partial charge in [-0.2, -0.15) is 0 Å². The van der Waals surface area contributed by atoms with E-state index < -0.39 is 0 Å². The zero-order chi connectivity index (χ0) is 36.4. The molecule has 0 saturated carbocycles. The Balaban J connectivity index is -0.0000000681. The third-order valence-electron chi connectivity index (χ3n) is 4.29. The smallest absolute Gasteiger partial charge is 0.0594 e. The molecule has 0 aromatic carbocycles. The molecule has 0 spiro atoms. The second kappa shape index (κ2) is 27.1. The van der Waals surface area contributed by atoms with E-state index in [2.05, 4.69) is 0 Å². The van der Waals surface area contributed by atoms with E-state index in [1.165, 1.54) is 0 Å². The summed E-state index contributed by atoms with van der Waals surface area (Å²) < 4.78 is 34.6. The zero-order valence-corrected chi connectivity index (χ0v) is 34.4. The summed E-state index contributed by atoms with van der Waals surface area (Å²) in [6, 6.07) is 0. The molecule has 0 unspecified atom stereocenters. The van der Waals surface area contributed by atoms with Crippen molar-refractivity contribution in [1.29, 1.82) is 0 Å². The molecule has 0 aliphatic carbocycles. The number of methoxy groups -OCH3 is 7. The largest absolute Gasteiger partial charge is 0.379 e. The van der Waals surface area contributed by atoms with Gasteiger partial charge in [0, 0.05) is 49.8 Å². The lowest BCUT2D eigenvalue weighted by Crippen LogP contribution is -2.15. The summed E-state index contributed by atoms with van der Waals surface area (Å²) in [5.74, 6) is 0. The first kappa shape index (κ1) is 57.4. The Hall–Kier alpha value is -0.280. The van der Waals surface area contributed by atoms with Crippen LogP contribution in [-0.2, 0) is 33.2 Å². The summed E-state index contributed by atoms with van der Waals surface area (Å²) in [5, 5.41) is 0. The third-order valence-corrected chi connectivity index (χ3v) is 4.29. The maximum absolute atomic E-state index is 4.94. The van der Waals surface area contributed by atoms with Crippen molar-refractivity contribution in [2.45, 2.75) is 185 Å². The highest BCUT2D eigenvalue weighted by Crippen LogP contribution is 2.05. The van der Waals surface area contributed by atoms with Crippen molar-refractivity contribution in [3.63, 3.8) is 0 Å². The number of rotatable bonds is 0. The molecule has 42 heavy (non-hydrogen) atoms. The molecule has 7 nitrogen and oxygen atoms in total. The van der Waals surface area contributed by atoms with Gasteiger partial charge in [0.2, 0.25) is 0 Å². The Morgan fingerprint density at radius 2 is 0.190 bits per heavy atom. The summed E-state index contributed by atoms with van der Waals surface area (Å²) in [6.45, 7) is 42.4. The van der Waals surface area contributed by atoms with Crippen LogP contribution in [0.5, 0.6) is 0 Å². The van der Waals surface area contributed by atoms with Crippen LogP contribution >= 0.6 is 0 Å². The second-order valence-corrected chi connectivity index (χ2v) is 16.2. The molecule has 0 heterocycles. The Morgan fingerprint density at radius 1 is 0.167 bits per heavy atom. The molecule has 0 aliphatic heterocycles. The molecule has 0 aliphatic rings. The lowest BCUT2D eigenvalue weighted by Gasteiger charge is -2.14. The fourth-order valence-electron chi connectivity index (χ4n) is 0. The van der Waals surface area contributed by atoms with Gasteiger partial charge in [-0.05, 0) is 145 Å². The van der Waals surface area contributed by atoms with E-state index in [1.54, 1.807) is 49.8 Å². The Bertz CT molecular complexity index is 373. The van der Waals surface area contributed by atoms with Gasteiger partial charge in [0.1, 0.15) is 0 Å². The van der Waals surface area contributed by atoms with Gasteiger partial charge in [0.05, 0.1) is 39.2 Å². The molecule has 0 saturated heterocycles. The average Bonchev–Trinajstić information content (AvgIpc) is 2.78. The minimum Gasteiger partial charge on any atom is -0.379 e. The second-order valence-electron chi connectivity index (χ2n) is 16.2. The monoisotopic (exact) mass is 617 g/mol. The summed E-state index contributed by atoms with van der Waals surface area (Å²) in [7, 11) is 12.0.